The Morgan fingerprint density at radius 1 is 1.33 bits per heavy atom. The topological polar surface area (TPSA) is 81.0 Å². The number of β-amino-alcohol motifs (C(OH)–C–C–N with tert-alkyl or cyclic N) is 1. The van der Waals surface area contributed by atoms with Gasteiger partial charge in [0, 0.05) is 6.07 Å². The molecule has 18 heavy (non-hydrogen) atoms. The number of nitrogens with zero attached hydrogens (tertiary/aromatic N) is 1. The molecule has 1 aromatic carbocycles. The lowest BCUT2D eigenvalue weighted by molar-refractivity contribution is -0.110. The van der Waals surface area contributed by atoms with Crippen molar-refractivity contribution in [2.45, 2.75) is 19.4 Å². The summed E-state index contributed by atoms with van der Waals surface area (Å²) in [6, 6.07) is 3.85. The Kier molecular flexibility index (Phi) is 2.94. The van der Waals surface area contributed by atoms with E-state index in [1.54, 1.807) is 0 Å². The van der Waals surface area contributed by atoms with Crippen molar-refractivity contribution in [3.05, 3.63) is 23.8 Å². The van der Waals surface area contributed by atoms with Crippen molar-refractivity contribution >= 4 is 5.91 Å². The zero-order valence-corrected chi connectivity index (χ0v) is 10.4. The van der Waals surface area contributed by atoms with Gasteiger partial charge in [-0.1, -0.05) is 13.8 Å². The van der Waals surface area contributed by atoms with Crippen LogP contribution in [0.25, 0.3) is 0 Å². The van der Waals surface area contributed by atoms with Gasteiger partial charge >= 0.3 is 0 Å². The average Bonchev–Trinajstić information content (AvgIpc) is 2.23. The van der Waals surface area contributed by atoms with Crippen LogP contribution in [0, 0.1) is 5.92 Å². The average molecular weight is 251 g/mol. The first-order valence-corrected chi connectivity index (χ1v) is 5.87. The molecular weight excluding hydrogens is 234 g/mol. The Balaban J connectivity index is 2.11. The smallest absolute Gasteiger partial charge is 0.257 e. The van der Waals surface area contributed by atoms with E-state index in [-0.39, 0.29) is 42.0 Å². The molecule has 1 amide bonds. The highest BCUT2D eigenvalue weighted by molar-refractivity contribution is 5.97. The van der Waals surface area contributed by atoms with Gasteiger partial charge in [-0.25, -0.2) is 0 Å². The number of likely N-dealkylation sites (tertiary alicyclic amines) is 1. The van der Waals surface area contributed by atoms with Crippen molar-refractivity contribution < 1.29 is 20.1 Å². The van der Waals surface area contributed by atoms with Gasteiger partial charge in [-0.2, -0.15) is 0 Å². The van der Waals surface area contributed by atoms with E-state index in [2.05, 4.69) is 0 Å². The zero-order chi connectivity index (χ0) is 13.5. The van der Waals surface area contributed by atoms with Crippen molar-refractivity contribution in [1.29, 1.82) is 0 Å². The number of phenols is 2. The van der Waals surface area contributed by atoms with Gasteiger partial charge in [0.2, 0.25) is 0 Å². The lowest BCUT2D eigenvalue weighted by Gasteiger charge is -2.49. The summed E-state index contributed by atoms with van der Waals surface area (Å²) in [7, 11) is 0. The zero-order valence-electron chi connectivity index (χ0n) is 10.4. The van der Waals surface area contributed by atoms with Crippen LogP contribution in [0.4, 0.5) is 0 Å². The highest BCUT2D eigenvalue weighted by atomic mass is 16.3. The highest BCUT2D eigenvalue weighted by Crippen LogP contribution is 2.32. The number of carbonyl (C=O) groups excluding carboxylic acids is 1. The molecule has 0 unspecified atom stereocenters. The SMILES string of the molecule is CC(C)C1(O)CN(C(=O)c2ccc(O)cc2O)C1. The van der Waals surface area contributed by atoms with Gasteiger partial charge in [0.15, 0.2) is 0 Å². The molecule has 2 rings (SSSR count). The molecule has 98 valence electrons. The molecule has 1 aromatic rings. The van der Waals surface area contributed by atoms with Gasteiger partial charge in [0.1, 0.15) is 17.1 Å². The number of aliphatic hydroxyl groups is 1. The van der Waals surface area contributed by atoms with Gasteiger partial charge < -0.3 is 20.2 Å². The molecular formula is C13H17NO4. The van der Waals surface area contributed by atoms with Crippen LogP contribution < -0.4 is 0 Å². The highest BCUT2D eigenvalue weighted by Gasteiger charge is 2.46. The van der Waals surface area contributed by atoms with E-state index >= 15 is 0 Å². The van der Waals surface area contributed by atoms with Crippen LogP contribution in [0.5, 0.6) is 11.5 Å². The maximum atomic E-state index is 12.0. The lowest BCUT2D eigenvalue weighted by atomic mass is 9.82. The maximum Gasteiger partial charge on any atom is 0.257 e. The molecule has 1 saturated heterocycles. The molecule has 1 aliphatic heterocycles. The van der Waals surface area contributed by atoms with Crippen LogP contribution >= 0.6 is 0 Å². The number of aromatic hydroxyl groups is 2. The van der Waals surface area contributed by atoms with Crippen molar-refractivity contribution in [2.24, 2.45) is 5.92 Å². The van der Waals surface area contributed by atoms with Crippen molar-refractivity contribution in [2.75, 3.05) is 13.1 Å². The van der Waals surface area contributed by atoms with Gasteiger partial charge in [0.05, 0.1) is 18.7 Å². The number of hydrogen-bond donors (Lipinski definition) is 3. The summed E-state index contributed by atoms with van der Waals surface area (Å²) in [5, 5.41) is 28.8. The Morgan fingerprint density at radius 2 is 1.94 bits per heavy atom. The number of carbonyl (C=O) groups is 1. The molecule has 0 spiro atoms. The van der Waals surface area contributed by atoms with Crippen LogP contribution in [-0.2, 0) is 0 Å². The number of amides is 1. The molecule has 1 heterocycles. The molecule has 0 atom stereocenters. The van der Waals surface area contributed by atoms with E-state index in [4.69, 9.17) is 5.11 Å². The second kappa shape index (κ2) is 4.17. The van der Waals surface area contributed by atoms with Crippen LogP contribution in [0.3, 0.4) is 0 Å². The van der Waals surface area contributed by atoms with E-state index in [1.165, 1.54) is 17.0 Å². The minimum atomic E-state index is -0.831. The summed E-state index contributed by atoms with van der Waals surface area (Å²) in [5.41, 5.74) is -0.694. The van der Waals surface area contributed by atoms with Crippen molar-refractivity contribution in [1.82, 2.24) is 4.90 Å². The van der Waals surface area contributed by atoms with E-state index < -0.39 is 5.60 Å². The second-order valence-electron chi connectivity index (χ2n) is 5.12. The Bertz CT molecular complexity index is 478. The Hall–Kier alpha value is -1.75. The van der Waals surface area contributed by atoms with Crippen LogP contribution in [0.1, 0.15) is 24.2 Å². The van der Waals surface area contributed by atoms with Crippen molar-refractivity contribution in [3.8, 4) is 11.5 Å². The minimum Gasteiger partial charge on any atom is -0.508 e. The summed E-state index contributed by atoms with van der Waals surface area (Å²) in [5.74, 6) is -0.598. The fourth-order valence-corrected chi connectivity index (χ4v) is 1.99. The van der Waals surface area contributed by atoms with E-state index in [9.17, 15) is 15.0 Å². The third kappa shape index (κ3) is 2.01. The Morgan fingerprint density at radius 3 is 2.44 bits per heavy atom. The van der Waals surface area contributed by atoms with E-state index in [0.717, 1.165) is 6.07 Å². The number of benzene rings is 1. The molecule has 0 aliphatic carbocycles. The normalized spacial score (nSPS) is 17.7. The largest absolute Gasteiger partial charge is 0.508 e. The predicted molar refractivity (Wildman–Crippen MR) is 65.5 cm³/mol. The van der Waals surface area contributed by atoms with Crippen LogP contribution in [0.2, 0.25) is 0 Å². The predicted octanol–water partition coefficient (Wildman–Crippen LogP) is 0.941. The number of hydrogen-bond acceptors (Lipinski definition) is 4. The summed E-state index contributed by atoms with van der Waals surface area (Å²) >= 11 is 0. The summed E-state index contributed by atoms with van der Waals surface area (Å²) in [4.78, 5) is 13.5. The second-order valence-corrected chi connectivity index (χ2v) is 5.12. The first-order valence-electron chi connectivity index (χ1n) is 5.87. The van der Waals surface area contributed by atoms with E-state index in [0.29, 0.717) is 0 Å². The number of rotatable bonds is 2. The first-order chi connectivity index (χ1) is 8.33. The lowest BCUT2D eigenvalue weighted by Crippen LogP contribution is -2.65. The molecule has 0 saturated carbocycles. The monoisotopic (exact) mass is 251 g/mol. The molecule has 0 radical (unpaired) electrons. The third-order valence-corrected chi connectivity index (χ3v) is 3.50. The first kappa shape index (κ1) is 12.7. The minimum absolute atomic E-state index is 0.0787. The quantitative estimate of drug-likeness (QED) is 0.730. The van der Waals surface area contributed by atoms with Gasteiger partial charge in [0.25, 0.3) is 5.91 Å². The molecule has 5 heteroatoms. The summed E-state index contributed by atoms with van der Waals surface area (Å²) in [6.45, 7) is 4.34. The Labute approximate surface area is 105 Å². The number of phenolic OH excluding ortho intramolecular Hbond substituents is 2. The third-order valence-electron chi connectivity index (χ3n) is 3.50. The fraction of sp³-hybridized carbons (Fsp3) is 0.462. The molecule has 1 fully saturated rings. The molecule has 0 aromatic heterocycles. The van der Waals surface area contributed by atoms with Crippen LogP contribution in [-0.4, -0.2) is 44.8 Å². The van der Waals surface area contributed by atoms with Gasteiger partial charge in [-0.05, 0) is 18.1 Å². The fourth-order valence-electron chi connectivity index (χ4n) is 1.99. The standard InChI is InChI=1S/C13H17NO4/c1-8(2)13(18)6-14(7-13)12(17)10-4-3-9(15)5-11(10)16/h3-5,8,15-16,18H,6-7H2,1-2H3. The molecule has 5 nitrogen and oxygen atoms in total. The summed E-state index contributed by atoms with van der Waals surface area (Å²) < 4.78 is 0. The molecule has 1 aliphatic rings. The van der Waals surface area contributed by atoms with Gasteiger partial charge in [-0.15, -0.1) is 0 Å². The maximum absolute atomic E-state index is 12.0. The molecule has 3 N–H and O–H groups in total. The van der Waals surface area contributed by atoms with Crippen molar-refractivity contribution in [3.63, 3.8) is 0 Å². The van der Waals surface area contributed by atoms with Gasteiger partial charge in [-0.3, -0.25) is 4.79 Å². The molecule has 0 bridgehead atoms. The summed E-state index contributed by atoms with van der Waals surface area (Å²) in [6.07, 6.45) is 0. The van der Waals surface area contributed by atoms with Crippen LogP contribution in [0.15, 0.2) is 18.2 Å². The van der Waals surface area contributed by atoms with E-state index in [1.807, 2.05) is 13.8 Å².